The average molecular weight is 228 g/mol. The van der Waals surface area contributed by atoms with Gasteiger partial charge in [0.1, 0.15) is 12.4 Å². The first-order valence-electron chi connectivity index (χ1n) is 5.38. The Bertz CT molecular complexity index is 454. The molecule has 4 heteroatoms. The molecule has 0 radical (unpaired) electrons. The molecule has 2 aromatic carbocycles. The summed E-state index contributed by atoms with van der Waals surface area (Å²) >= 11 is 0. The maximum Gasteiger partial charge on any atom is 0.488 e. The van der Waals surface area contributed by atoms with Crippen molar-refractivity contribution in [2.45, 2.75) is 6.61 Å². The quantitative estimate of drug-likeness (QED) is 0.766. The zero-order valence-corrected chi connectivity index (χ0v) is 9.28. The molecule has 0 bridgehead atoms. The summed E-state index contributed by atoms with van der Waals surface area (Å²) in [5, 5.41) is 17.9. The van der Waals surface area contributed by atoms with Crippen LogP contribution in [0.15, 0.2) is 54.6 Å². The van der Waals surface area contributed by atoms with Crippen molar-refractivity contribution in [3.05, 3.63) is 60.2 Å². The minimum absolute atomic E-state index is 0.464. The highest BCUT2D eigenvalue weighted by molar-refractivity contribution is 6.58. The van der Waals surface area contributed by atoms with Crippen molar-refractivity contribution >= 4 is 12.6 Å². The Morgan fingerprint density at radius 1 is 0.882 bits per heavy atom. The summed E-state index contributed by atoms with van der Waals surface area (Å²) in [5.74, 6) is 0.818. The van der Waals surface area contributed by atoms with Crippen LogP contribution in [-0.2, 0) is 6.61 Å². The third kappa shape index (κ3) is 3.34. The van der Waals surface area contributed by atoms with Crippen LogP contribution in [0.2, 0.25) is 0 Å². The standard InChI is InChI=1S/C13H13BO3/c15-14(16)12-8-6-11(7-9-12)10-17-13-4-2-1-3-5-13/h1-9,15-16H,10H2. The molecule has 0 saturated heterocycles. The molecule has 0 atom stereocenters. The van der Waals surface area contributed by atoms with Crippen molar-refractivity contribution in [1.82, 2.24) is 0 Å². The van der Waals surface area contributed by atoms with E-state index in [0.717, 1.165) is 11.3 Å². The van der Waals surface area contributed by atoms with Gasteiger partial charge in [0.2, 0.25) is 0 Å². The first kappa shape index (κ1) is 11.7. The second-order valence-corrected chi connectivity index (χ2v) is 3.72. The molecule has 3 nitrogen and oxygen atoms in total. The second kappa shape index (κ2) is 5.52. The first-order chi connectivity index (χ1) is 8.25. The van der Waals surface area contributed by atoms with Gasteiger partial charge in [0.25, 0.3) is 0 Å². The van der Waals surface area contributed by atoms with Crippen molar-refractivity contribution in [3.63, 3.8) is 0 Å². The summed E-state index contributed by atoms with van der Waals surface area (Å²) in [6.07, 6.45) is 0. The molecule has 2 aromatic rings. The van der Waals surface area contributed by atoms with Crippen LogP contribution in [0.1, 0.15) is 5.56 Å². The molecule has 0 heterocycles. The van der Waals surface area contributed by atoms with Gasteiger partial charge in [0.15, 0.2) is 0 Å². The van der Waals surface area contributed by atoms with E-state index in [0.29, 0.717) is 12.1 Å². The van der Waals surface area contributed by atoms with Gasteiger partial charge in [-0.1, -0.05) is 42.5 Å². The number of para-hydroxylation sites is 1. The molecule has 17 heavy (non-hydrogen) atoms. The smallest absolute Gasteiger partial charge is 0.488 e. The predicted octanol–water partition coefficient (Wildman–Crippen LogP) is 0.945. The van der Waals surface area contributed by atoms with Crippen LogP contribution in [0.5, 0.6) is 5.75 Å². The SMILES string of the molecule is OB(O)c1ccc(COc2ccccc2)cc1. The van der Waals surface area contributed by atoms with Crippen LogP contribution < -0.4 is 10.2 Å². The van der Waals surface area contributed by atoms with Crippen molar-refractivity contribution in [1.29, 1.82) is 0 Å². The highest BCUT2D eigenvalue weighted by atomic mass is 16.5. The van der Waals surface area contributed by atoms with Crippen LogP contribution in [0.25, 0.3) is 0 Å². The van der Waals surface area contributed by atoms with Gasteiger partial charge in [-0.2, -0.15) is 0 Å². The van der Waals surface area contributed by atoms with Crippen LogP contribution in [0.3, 0.4) is 0 Å². The van der Waals surface area contributed by atoms with Gasteiger partial charge in [-0.15, -0.1) is 0 Å². The van der Waals surface area contributed by atoms with E-state index in [1.165, 1.54) is 0 Å². The van der Waals surface area contributed by atoms with Gasteiger partial charge in [0, 0.05) is 0 Å². The van der Waals surface area contributed by atoms with E-state index < -0.39 is 7.12 Å². The molecule has 0 amide bonds. The van der Waals surface area contributed by atoms with E-state index in [-0.39, 0.29) is 0 Å². The summed E-state index contributed by atoms with van der Waals surface area (Å²) in [7, 11) is -1.42. The monoisotopic (exact) mass is 228 g/mol. The fraction of sp³-hybridized carbons (Fsp3) is 0.0769. The van der Waals surface area contributed by atoms with Crippen molar-refractivity contribution in [2.24, 2.45) is 0 Å². The highest BCUT2D eigenvalue weighted by Gasteiger charge is 2.09. The number of benzene rings is 2. The van der Waals surface area contributed by atoms with E-state index in [9.17, 15) is 0 Å². The summed E-state index contributed by atoms with van der Waals surface area (Å²) in [4.78, 5) is 0. The molecule has 0 fully saturated rings. The fourth-order valence-corrected chi connectivity index (χ4v) is 1.47. The highest BCUT2D eigenvalue weighted by Crippen LogP contribution is 2.10. The van der Waals surface area contributed by atoms with Gasteiger partial charge in [-0.3, -0.25) is 0 Å². The normalized spacial score (nSPS) is 10.0. The number of hydrogen-bond acceptors (Lipinski definition) is 3. The van der Waals surface area contributed by atoms with E-state index in [4.69, 9.17) is 14.8 Å². The lowest BCUT2D eigenvalue weighted by atomic mass is 9.80. The van der Waals surface area contributed by atoms with Crippen molar-refractivity contribution in [3.8, 4) is 5.75 Å². The third-order valence-corrected chi connectivity index (χ3v) is 2.43. The van der Waals surface area contributed by atoms with E-state index in [2.05, 4.69) is 0 Å². The maximum atomic E-state index is 8.95. The summed E-state index contributed by atoms with van der Waals surface area (Å²) in [6.45, 7) is 0.464. The Kier molecular flexibility index (Phi) is 3.80. The Morgan fingerprint density at radius 3 is 2.12 bits per heavy atom. The topological polar surface area (TPSA) is 49.7 Å². The van der Waals surface area contributed by atoms with Gasteiger partial charge in [0.05, 0.1) is 0 Å². The molecule has 0 unspecified atom stereocenters. The first-order valence-corrected chi connectivity index (χ1v) is 5.38. The lowest BCUT2D eigenvalue weighted by Crippen LogP contribution is -2.29. The lowest BCUT2D eigenvalue weighted by molar-refractivity contribution is 0.306. The molecular formula is C13H13BO3. The minimum atomic E-state index is -1.42. The van der Waals surface area contributed by atoms with Crippen LogP contribution in [0, 0.1) is 0 Å². The van der Waals surface area contributed by atoms with Crippen molar-refractivity contribution < 1.29 is 14.8 Å². The second-order valence-electron chi connectivity index (χ2n) is 3.72. The largest absolute Gasteiger partial charge is 0.489 e. The Hall–Kier alpha value is -1.78. The fourth-order valence-electron chi connectivity index (χ4n) is 1.47. The summed E-state index contributed by atoms with van der Waals surface area (Å²) < 4.78 is 5.57. The molecule has 2 N–H and O–H groups in total. The third-order valence-electron chi connectivity index (χ3n) is 2.43. The number of hydrogen-bond donors (Lipinski definition) is 2. The van der Waals surface area contributed by atoms with Crippen LogP contribution in [0.4, 0.5) is 0 Å². The van der Waals surface area contributed by atoms with Crippen molar-refractivity contribution in [2.75, 3.05) is 0 Å². The van der Waals surface area contributed by atoms with Gasteiger partial charge in [-0.25, -0.2) is 0 Å². The van der Waals surface area contributed by atoms with Gasteiger partial charge < -0.3 is 14.8 Å². The van der Waals surface area contributed by atoms with E-state index in [1.807, 2.05) is 42.5 Å². The molecule has 0 spiro atoms. The molecule has 86 valence electrons. The lowest BCUT2D eigenvalue weighted by Gasteiger charge is -2.06. The van der Waals surface area contributed by atoms with Crippen LogP contribution in [-0.4, -0.2) is 17.2 Å². The Labute approximate surface area is 100 Å². The minimum Gasteiger partial charge on any atom is -0.489 e. The molecule has 0 saturated carbocycles. The van der Waals surface area contributed by atoms with E-state index in [1.54, 1.807) is 12.1 Å². The Balaban J connectivity index is 1.96. The zero-order valence-electron chi connectivity index (χ0n) is 9.28. The molecular weight excluding hydrogens is 215 g/mol. The number of rotatable bonds is 4. The molecule has 0 aliphatic carbocycles. The summed E-state index contributed by atoms with van der Waals surface area (Å²) in [6, 6.07) is 16.5. The molecule has 0 aliphatic heterocycles. The average Bonchev–Trinajstić information content (AvgIpc) is 2.38. The van der Waals surface area contributed by atoms with Gasteiger partial charge >= 0.3 is 7.12 Å². The molecule has 0 aliphatic rings. The zero-order chi connectivity index (χ0) is 12.1. The van der Waals surface area contributed by atoms with Gasteiger partial charge in [-0.05, 0) is 23.2 Å². The molecule has 2 rings (SSSR count). The molecule has 0 aromatic heterocycles. The van der Waals surface area contributed by atoms with E-state index >= 15 is 0 Å². The maximum absolute atomic E-state index is 8.95. The Morgan fingerprint density at radius 2 is 1.53 bits per heavy atom. The number of ether oxygens (including phenoxy) is 1. The van der Waals surface area contributed by atoms with Crippen LogP contribution >= 0.6 is 0 Å². The summed E-state index contributed by atoms with van der Waals surface area (Å²) in [5.41, 5.74) is 1.46. The predicted molar refractivity (Wildman–Crippen MR) is 67.0 cm³/mol.